The standard InChI is InChI=1S/C37H66N4O12.C23H40N4O11/c1-5-6-7-8-9-10-11-12-13-14-15-16-17-18-19-20-30(45)51-23-28-32(46)33(31(37(50)53-28)40-26(4)42)52-25(3)36(49)39-24(2)35(48)41-27(34(38)47)21-22-29(43)44;1-5-6-9-36-22(34)14(7-8-16(24)30)27-20(32)11(2)25-21(33)12(3)37-19-17(26-13(4)29)23(35)38-15(10-28)18(19)31/h24-25,27-28,31-33,37,46,50H,5-23H2,1-4H3,(H2,38,47)(H,39,49)(H,40,42)(H,41,48)(H,43,44);11-12,14-15,17-19,23,28,31,35H,5-10H2,1-4H3,(H2,24,30)(H,25,33)(H,26,29)(H,27,32)/t24-,25+,27-,28?,31?,32-,33-,37+;11-,12+,14+,15?,17?,18+,19+,23-/m10/s1. The molecule has 8 amide bonds. The first-order valence-electron chi connectivity index (χ1n) is 31.8. The van der Waals surface area contributed by atoms with E-state index in [-0.39, 0.29) is 32.3 Å². The van der Waals surface area contributed by atoms with Gasteiger partial charge in [-0.25, -0.2) is 4.79 Å². The number of aliphatic carboxylic acids is 1. The lowest BCUT2D eigenvalue weighted by Crippen LogP contribution is -2.66. The van der Waals surface area contributed by atoms with Crippen molar-refractivity contribution in [3.05, 3.63) is 0 Å². The molecule has 31 heteroatoms. The Morgan fingerprint density at radius 3 is 1.32 bits per heavy atom. The van der Waals surface area contributed by atoms with E-state index in [4.69, 9.17) is 45.0 Å². The Morgan fingerprint density at radius 2 is 0.912 bits per heavy atom. The largest absolute Gasteiger partial charge is 0.481 e. The van der Waals surface area contributed by atoms with Crippen LogP contribution < -0.4 is 43.4 Å². The minimum Gasteiger partial charge on any atom is -0.481 e. The third-order valence-corrected chi connectivity index (χ3v) is 15.0. The molecule has 4 unspecified atom stereocenters. The van der Waals surface area contributed by atoms with E-state index in [0.717, 1.165) is 25.7 Å². The number of hydrogen-bond donors (Lipinski definition) is 14. The van der Waals surface area contributed by atoms with Crippen molar-refractivity contribution >= 4 is 65.2 Å². The van der Waals surface area contributed by atoms with Gasteiger partial charge >= 0.3 is 17.9 Å². The molecule has 2 aliphatic heterocycles. The summed E-state index contributed by atoms with van der Waals surface area (Å²) in [6, 6.07) is -7.38. The monoisotopic (exact) mass is 1310 g/mol. The number of primary amides is 2. The van der Waals surface area contributed by atoms with Gasteiger partial charge in [0.2, 0.25) is 47.3 Å². The van der Waals surface area contributed by atoms with E-state index in [2.05, 4.69) is 38.8 Å². The molecule has 0 aromatic carbocycles. The van der Waals surface area contributed by atoms with Crippen molar-refractivity contribution in [2.24, 2.45) is 11.5 Å². The topological polar surface area (TPSA) is 489 Å². The number of hydrogen-bond acceptors (Lipinski definition) is 22. The number of aliphatic hydroxyl groups excluding tert-OH is 5. The van der Waals surface area contributed by atoms with Crippen molar-refractivity contribution in [3.63, 3.8) is 0 Å². The summed E-state index contributed by atoms with van der Waals surface area (Å²) in [6.07, 6.45) is 4.37. The van der Waals surface area contributed by atoms with E-state index in [1.807, 2.05) is 6.92 Å². The molecule has 0 aliphatic carbocycles. The molecule has 16 N–H and O–H groups in total. The predicted molar refractivity (Wildman–Crippen MR) is 325 cm³/mol. The summed E-state index contributed by atoms with van der Waals surface area (Å²) >= 11 is 0. The number of carboxylic acid groups (broad SMARTS) is 1. The van der Waals surface area contributed by atoms with Crippen molar-refractivity contribution in [3.8, 4) is 0 Å². The van der Waals surface area contributed by atoms with Gasteiger partial charge in [-0.1, -0.05) is 110 Å². The van der Waals surface area contributed by atoms with Crippen LogP contribution in [-0.2, 0) is 81.2 Å². The molecule has 0 radical (unpaired) electrons. The molecule has 91 heavy (non-hydrogen) atoms. The number of carboxylic acids is 1. The average molecular weight is 1310 g/mol. The zero-order valence-corrected chi connectivity index (χ0v) is 54.2. The molecule has 31 nitrogen and oxygen atoms in total. The summed E-state index contributed by atoms with van der Waals surface area (Å²) < 4.78 is 32.4. The van der Waals surface area contributed by atoms with Gasteiger partial charge in [0.1, 0.15) is 91.7 Å². The van der Waals surface area contributed by atoms with Crippen LogP contribution in [0, 0.1) is 0 Å². The van der Waals surface area contributed by atoms with Gasteiger partial charge < -0.3 is 102 Å². The zero-order chi connectivity index (χ0) is 68.8. The van der Waals surface area contributed by atoms with Crippen LogP contribution in [0.5, 0.6) is 0 Å². The highest BCUT2D eigenvalue weighted by molar-refractivity contribution is 5.93. The van der Waals surface area contributed by atoms with Gasteiger partial charge in [0, 0.05) is 33.1 Å². The molecule has 2 aliphatic rings. The Morgan fingerprint density at radius 1 is 0.505 bits per heavy atom. The second-order valence-electron chi connectivity index (χ2n) is 23.1. The van der Waals surface area contributed by atoms with Crippen LogP contribution in [0.3, 0.4) is 0 Å². The molecule has 524 valence electrons. The Bertz CT molecular complexity index is 2250. The maximum absolute atomic E-state index is 12.9. The van der Waals surface area contributed by atoms with E-state index in [1.165, 1.54) is 112 Å². The second-order valence-corrected chi connectivity index (χ2v) is 23.1. The summed E-state index contributed by atoms with van der Waals surface area (Å²) in [5.74, 6) is -8.36. The SMILES string of the molecule is CCCCCCCCCCCCCCCCCC(=O)OCC1O[C@H](O)C(NC(C)=O)[C@@H](O[C@@H](C)C(=O)N[C@H](C)C(=O)N[C@H](CCC(=O)O)C(N)=O)[C@@H]1O.CCCCOC(=O)[C@@H](CCC(N)=O)NC(=O)[C@H](C)NC(=O)[C@@H](C)O[C@@H]1C(NC(C)=O)[C@@H](O)OC(CO)[C@H]1O. The lowest BCUT2D eigenvalue weighted by molar-refractivity contribution is -0.267. The third-order valence-electron chi connectivity index (χ3n) is 15.0. The van der Waals surface area contributed by atoms with Crippen LogP contribution in [0.2, 0.25) is 0 Å². The van der Waals surface area contributed by atoms with E-state index >= 15 is 0 Å². The summed E-state index contributed by atoms with van der Waals surface area (Å²) in [6.45, 7) is 10.8. The van der Waals surface area contributed by atoms with E-state index in [9.17, 15) is 78.3 Å². The number of amides is 8. The molecule has 0 spiro atoms. The van der Waals surface area contributed by atoms with Gasteiger partial charge in [-0.15, -0.1) is 0 Å². The zero-order valence-electron chi connectivity index (χ0n) is 54.2. The smallest absolute Gasteiger partial charge is 0.328 e. The lowest BCUT2D eigenvalue weighted by atomic mass is 9.96. The maximum Gasteiger partial charge on any atom is 0.328 e. The van der Waals surface area contributed by atoms with Gasteiger partial charge in [0.25, 0.3) is 0 Å². The number of rotatable bonds is 44. The Balaban J connectivity index is 0.000000961. The van der Waals surface area contributed by atoms with Crippen LogP contribution in [0.1, 0.15) is 197 Å². The number of ether oxygens (including phenoxy) is 6. The predicted octanol–water partition coefficient (Wildman–Crippen LogP) is -0.579. The molecular formula is C60H106N8O23. The van der Waals surface area contributed by atoms with E-state index in [1.54, 1.807) is 0 Å². The molecule has 2 fully saturated rings. The number of unbranched alkanes of at least 4 members (excludes halogenated alkanes) is 15. The molecule has 2 saturated heterocycles. The van der Waals surface area contributed by atoms with E-state index in [0.29, 0.717) is 12.8 Å². The second kappa shape index (κ2) is 46.0. The molecular weight excluding hydrogens is 1200 g/mol. The molecule has 0 saturated carbocycles. The van der Waals surface area contributed by atoms with Gasteiger partial charge in [-0.2, -0.15) is 0 Å². The highest BCUT2D eigenvalue weighted by Crippen LogP contribution is 2.26. The first-order chi connectivity index (χ1) is 43.0. The normalized spacial score (nSPS) is 23.1. The summed E-state index contributed by atoms with van der Waals surface area (Å²) in [7, 11) is 0. The van der Waals surface area contributed by atoms with Crippen LogP contribution in [0.25, 0.3) is 0 Å². The number of carbonyl (C=O) groups is 11. The van der Waals surface area contributed by atoms with E-state index < -0.39 is 182 Å². The van der Waals surface area contributed by atoms with Crippen LogP contribution in [-0.4, -0.2) is 213 Å². The van der Waals surface area contributed by atoms with Crippen molar-refractivity contribution in [2.75, 3.05) is 19.8 Å². The first-order valence-corrected chi connectivity index (χ1v) is 31.8. The van der Waals surface area contributed by atoms with Gasteiger partial charge in [0.05, 0.1) is 13.2 Å². The fourth-order valence-corrected chi connectivity index (χ4v) is 9.63. The number of nitrogens with two attached hydrogens (primary N) is 2. The van der Waals surface area contributed by atoms with Crippen molar-refractivity contribution < 1.29 is 112 Å². The van der Waals surface area contributed by atoms with Gasteiger partial charge in [-0.3, -0.25) is 47.9 Å². The van der Waals surface area contributed by atoms with Crippen LogP contribution >= 0.6 is 0 Å². The Labute approximate surface area is 532 Å². The number of carbonyl (C=O) groups excluding carboxylic acids is 10. The van der Waals surface area contributed by atoms with Crippen molar-refractivity contribution in [1.82, 2.24) is 31.9 Å². The highest BCUT2D eigenvalue weighted by atomic mass is 16.7. The minimum atomic E-state index is -1.69. The third kappa shape index (κ3) is 33.8. The number of aliphatic hydroxyl groups is 5. The molecule has 16 atom stereocenters. The summed E-state index contributed by atoms with van der Waals surface area (Å²) in [5, 5.41) is 75.1. The van der Waals surface area contributed by atoms with Gasteiger partial charge in [0.15, 0.2) is 12.6 Å². The lowest BCUT2D eigenvalue weighted by Gasteiger charge is -2.43. The molecule has 0 aromatic rings. The fourth-order valence-electron chi connectivity index (χ4n) is 9.63. The van der Waals surface area contributed by atoms with Crippen LogP contribution in [0.15, 0.2) is 0 Å². The minimum absolute atomic E-state index is 0.0905. The Hall–Kier alpha value is -6.19. The number of esters is 2. The summed E-state index contributed by atoms with van der Waals surface area (Å²) in [5.41, 5.74) is 10.4. The summed E-state index contributed by atoms with van der Waals surface area (Å²) in [4.78, 5) is 133. The molecule has 0 bridgehead atoms. The first kappa shape index (κ1) is 82.8. The molecule has 2 rings (SSSR count). The maximum atomic E-state index is 12.9. The average Bonchev–Trinajstić information content (AvgIpc) is 0.922. The van der Waals surface area contributed by atoms with Crippen LogP contribution in [0.4, 0.5) is 0 Å². The quantitative estimate of drug-likeness (QED) is 0.0268. The highest BCUT2D eigenvalue weighted by Gasteiger charge is 2.49. The van der Waals surface area contributed by atoms with Gasteiger partial charge in [-0.05, 0) is 53.4 Å². The molecule has 0 aromatic heterocycles. The Kier molecular flexibility index (Phi) is 41.8. The molecule has 2 heterocycles. The fraction of sp³-hybridized carbons (Fsp3) is 0.817. The number of nitrogens with one attached hydrogen (secondary N) is 6. The van der Waals surface area contributed by atoms with Crippen molar-refractivity contribution in [1.29, 1.82) is 0 Å². The van der Waals surface area contributed by atoms with Crippen molar-refractivity contribution in [2.45, 2.75) is 294 Å².